The first-order chi connectivity index (χ1) is 9.85. The monoisotopic (exact) mass is 313 g/mol. The van der Waals surface area contributed by atoms with Crippen molar-refractivity contribution in [3.63, 3.8) is 0 Å². The van der Waals surface area contributed by atoms with Crippen LogP contribution in [0.1, 0.15) is 11.1 Å². The highest BCUT2D eigenvalue weighted by Crippen LogP contribution is 2.24. The van der Waals surface area contributed by atoms with Crippen LogP contribution in [0, 0.1) is 18.6 Å². The number of hydrogen-bond acceptors (Lipinski definition) is 3. The summed E-state index contributed by atoms with van der Waals surface area (Å²) in [4.78, 5) is -0.322. The number of hydrogen-bond donors (Lipinski definition) is 2. The first kappa shape index (κ1) is 15.4. The number of para-hydroxylation sites is 1. The van der Waals surface area contributed by atoms with Crippen molar-refractivity contribution in [3.05, 3.63) is 59.2 Å². The van der Waals surface area contributed by atoms with Crippen LogP contribution in [-0.4, -0.2) is 13.5 Å². The van der Waals surface area contributed by atoms with Crippen LogP contribution in [0.25, 0.3) is 0 Å². The van der Waals surface area contributed by atoms with E-state index in [1.165, 1.54) is 31.2 Å². The van der Waals surface area contributed by atoms with Crippen molar-refractivity contribution < 1.29 is 22.3 Å². The summed E-state index contributed by atoms with van der Waals surface area (Å²) in [6.45, 7) is 0.970. The van der Waals surface area contributed by atoms with Gasteiger partial charge in [0.05, 0.1) is 17.2 Å². The second-order valence-electron chi connectivity index (χ2n) is 4.45. The van der Waals surface area contributed by atoms with Gasteiger partial charge in [-0.25, -0.2) is 17.2 Å². The van der Waals surface area contributed by atoms with Crippen molar-refractivity contribution >= 4 is 15.7 Å². The Hall–Kier alpha value is -1.99. The van der Waals surface area contributed by atoms with Gasteiger partial charge >= 0.3 is 0 Å². The van der Waals surface area contributed by atoms with E-state index in [1.54, 1.807) is 0 Å². The van der Waals surface area contributed by atoms with Crippen molar-refractivity contribution in [2.24, 2.45) is 0 Å². The lowest BCUT2D eigenvalue weighted by Crippen LogP contribution is -2.16. The third kappa shape index (κ3) is 3.20. The molecule has 2 rings (SSSR count). The SMILES string of the molecule is Cc1ccc(S(=O)(=O)Nc2c(F)cccc2CO)cc1F. The first-order valence-electron chi connectivity index (χ1n) is 6.02. The summed E-state index contributed by atoms with van der Waals surface area (Å²) in [5, 5.41) is 9.13. The van der Waals surface area contributed by atoms with Crippen molar-refractivity contribution in [2.75, 3.05) is 4.72 Å². The molecule has 21 heavy (non-hydrogen) atoms. The number of sulfonamides is 1. The standard InChI is InChI=1S/C14H13F2NO3S/c1-9-5-6-11(7-13(9)16)21(19,20)17-14-10(8-18)3-2-4-12(14)15/h2-7,17-18H,8H2,1H3. The van der Waals surface area contributed by atoms with E-state index in [4.69, 9.17) is 5.11 Å². The second kappa shape index (κ2) is 5.79. The fourth-order valence-corrected chi connectivity index (χ4v) is 2.87. The molecule has 0 radical (unpaired) electrons. The summed E-state index contributed by atoms with van der Waals surface area (Å²) in [7, 11) is -4.15. The van der Waals surface area contributed by atoms with E-state index < -0.39 is 28.3 Å². The second-order valence-corrected chi connectivity index (χ2v) is 6.13. The molecule has 0 amide bonds. The zero-order chi connectivity index (χ0) is 15.6. The average Bonchev–Trinajstić information content (AvgIpc) is 2.43. The lowest BCUT2D eigenvalue weighted by Gasteiger charge is -2.12. The topological polar surface area (TPSA) is 66.4 Å². The number of halogens is 2. The fraction of sp³-hybridized carbons (Fsp3) is 0.143. The van der Waals surface area contributed by atoms with Gasteiger partial charge < -0.3 is 5.11 Å². The minimum atomic E-state index is -4.15. The molecule has 2 aromatic carbocycles. The normalized spacial score (nSPS) is 11.4. The van der Waals surface area contributed by atoms with Gasteiger partial charge in [0.1, 0.15) is 11.6 Å². The van der Waals surface area contributed by atoms with Gasteiger partial charge in [0.15, 0.2) is 0 Å². The molecule has 0 aromatic heterocycles. The van der Waals surface area contributed by atoms with Crippen LogP contribution < -0.4 is 4.72 Å². The zero-order valence-electron chi connectivity index (χ0n) is 11.1. The molecule has 0 bridgehead atoms. The maximum absolute atomic E-state index is 13.7. The largest absolute Gasteiger partial charge is 0.392 e. The Morgan fingerprint density at radius 1 is 1.14 bits per heavy atom. The van der Waals surface area contributed by atoms with Gasteiger partial charge in [0.25, 0.3) is 10.0 Å². The molecule has 2 N–H and O–H groups in total. The van der Waals surface area contributed by atoms with E-state index >= 15 is 0 Å². The zero-order valence-corrected chi connectivity index (χ0v) is 11.9. The molecule has 0 fully saturated rings. The Balaban J connectivity index is 2.44. The number of nitrogens with one attached hydrogen (secondary N) is 1. The van der Waals surface area contributed by atoms with E-state index in [1.807, 2.05) is 4.72 Å². The van der Waals surface area contributed by atoms with Crippen LogP contribution in [0.4, 0.5) is 14.5 Å². The highest BCUT2D eigenvalue weighted by Gasteiger charge is 2.19. The molecular formula is C14H13F2NO3S. The molecule has 0 aliphatic carbocycles. The van der Waals surface area contributed by atoms with Crippen LogP contribution in [0.5, 0.6) is 0 Å². The maximum Gasteiger partial charge on any atom is 0.262 e. The third-order valence-corrected chi connectivity index (χ3v) is 4.31. The molecule has 0 aliphatic heterocycles. The predicted octanol–water partition coefficient (Wildman–Crippen LogP) is 2.57. The third-order valence-electron chi connectivity index (χ3n) is 2.96. The summed E-state index contributed by atoms with van der Waals surface area (Å²) < 4.78 is 53.5. The molecule has 0 saturated heterocycles. The molecule has 0 unspecified atom stereocenters. The number of anilines is 1. The molecule has 0 spiro atoms. The van der Waals surface area contributed by atoms with E-state index in [2.05, 4.69) is 0 Å². The Kier molecular flexibility index (Phi) is 4.24. The molecule has 0 heterocycles. The summed E-state index contributed by atoms with van der Waals surface area (Å²) in [5.41, 5.74) is 0.0445. The molecule has 112 valence electrons. The number of aryl methyl sites for hydroxylation is 1. The van der Waals surface area contributed by atoms with Crippen LogP contribution >= 0.6 is 0 Å². The number of aliphatic hydroxyl groups excluding tert-OH is 1. The minimum Gasteiger partial charge on any atom is -0.392 e. The molecule has 0 saturated carbocycles. The fourth-order valence-electron chi connectivity index (χ4n) is 1.75. The van der Waals surface area contributed by atoms with Gasteiger partial charge in [-0.3, -0.25) is 4.72 Å². The van der Waals surface area contributed by atoms with Crippen molar-refractivity contribution in [2.45, 2.75) is 18.4 Å². The quantitative estimate of drug-likeness (QED) is 0.911. The molecule has 7 heteroatoms. The van der Waals surface area contributed by atoms with E-state index in [0.717, 1.165) is 12.1 Å². The molecule has 0 aliphatic rings. The van der Waals surface area contributed by atoms with Gasteiger partial charge in [-0.2, -0.15) is 0 Å². The Bertz CT molecular complexity index is 776. The van der Waals surface area contributed by atoms with Gasteiger partial charge in [0.2, 0.25) is 0 Å². The highest BCUT2D eigenvalue weighted by atomic mass is 32.2. The number of rotatable bonds is 4. The minimum absolute atomic E-state index is 0.0890. The lowest BCUT2D eigenvalue weighted by atomic mass is 10.2. The van der Waals surface area contributed by atoms with Gasteiger partial charge in [-0.1, -0.05) is 18.2 Å². The van der Waals surface area contributed by atoms with E-state index in [0.29, 0.717) is 5.56 Å². The summed E-state index contributed by atoms with van der Waals surface area (Å²) in [5.74, 6) is -1.49. The van der Waals surface area contributed by atoms with E-state index in [9.17, 15) is 17.2 Å². The molecular weight excluding hydrogens is 300 g/mol. The van der Waals surface area contributed by atoms with Crippen LogP contribution in [0.2, 0.25) is 0 Å². The Morgan fingerprint density at radius 2 is 1.86 bits per heavy atom. The molecule has 4 nitrogen and oxygen atoms in total. The lowest BCUT2D eigenvalue weighted by molar-refractivity contribution is 0.282. The number of aliphatic hydroxyl groups is 1. The first-order valence-corrected chi connectivity index (χ1v) is 7.50. The van der Waals surface area contributed by atoms with Crippen molar-refractivity contribution in [1.82, 2.24) is 0 Å². The highest BCUT2D eigenvalue weighted by molar-refractivity contribution is 7.92. The molecule has 0 atom stereocenters. The number of benzene rings is 2. The van der Waals surface area contributed by atoms with Crippen LogP contribution in [-0.2, 0) is 16.6 Å². The Morgan fingerprint density at radius 3 is 2.48 bits per heavy atom. The summed E-state index contributed by atoms with van der Waals surface area (Å²) in [6, 6.07) is 7.20. The summed E-state index contributed by atoms with van der Waals surface area (Å²) in [6.07, 6.45) is 0. The van der Waals surface area contributed by atoms with Gasteiger partial charge in [-0.05, 0) is 30.7 Å². The van der Waals surface area contributed by atoms with Gasteiger partial charge in [-0.15, -0.1) is 0 Å². The van der Waals surface area contributed by atoms with E-state index in [-0.39, 0.29) is 16.1 Å². The van der Waals surface area contributed by atoms with Crippen LogP contribution in [0.3, 0.4) is 0 Å². The van der Waals surface area contributed by atoms with Gasteiger partial charge in [0, 0.05) is 5.56 Å². The molecule has 2 aromatic rings. The smallest absolute Gasteiger partial charge is 0.262 e. The average molecular weight is 313 g/mol. The maximum atomic E-state index is 13.7. The van der Waals surface area contributed by atoms with Crippen molar-refractivity contribution in [3.8, 4) is 0 Å². The Labute approximate surface area is 121 Å². The van der Waals surface area contributed by atoms with Crippen molar-refractivity contribution in [1.29, 1.82) is 0 Å². The summed E-state index contributed by atoms with van der Waals surface area (Å²) >= 11 is 0. The van der Waals surface area contributed by atoms with Crippen LogP contribution in [0.15, 0.2) is 41.3 Å². The predicted molar refractivity (Wildman–Crippen MR) is 74.3 cm³/mol.